The van der Waals surface area contributed by atoms with Gasteiger partial charge >= 0.3 is 0 Å². The van der Waals surface area contributed by atoms with Crippen molar-refractivity contribution in [2.45, 2.75) is 18.9 Å². The molecule has 2 heterocycles. The molecule has 0 radical (unpaired) electrons. The van der Waals surface area contributed by atoms with Crippen LogP contribution in [-0.4, -0.2) is 28.5 Å². The molecule has 1 aromatic heterocycles. The summed E-state index contributed by atoms with van der Waals surface area (Å²) in [7, 11) is 0. The largest absolute Gasteiger partial charge is 0.331 e. The van der Waals surface area contributed by atoms with Crippen molar-refractivity contribution in [1.29, 1.82) is 0 Å². The minimum atomic E-state index is 0.340. The number of para-hydroxylation sites is 2. The Hall–Kier alpha value is -2.88. The van der Waals surface area contributed by atoms with Crippen LogP contribution in [0.15, 0.2) is 78.2 Å². The highest BCUT2D eigenvalue weighted by Gasteiger charge is 2.18. The molecule has 0 amide bonds. The summed E-state index contributed by atoms with van der Waals surface area (Å²) in [5.74, 6) is 0. The summed E-state index contributed by atoms with van der Waals surface area (Å²) < 4.78 is 2.07. The molecular weight excluding hydrogens is 296 g/mol. The second kappa shape index (κ2) is 6.71. The van der Waals surface area contributed by atoms with Gasteiger partial charge in [-0.1, -0.05) is 36.4 Å². The smallest absolute Gasteiger partial charge is 0.0995 e. The molecule has 1 unspecified atom stereocenters. The van der Waals surface area contributed by atoms with Crippen molar-refractivity contribution in [3.63, 3.8) is 0 Å². The average molecular weight is 316 g/mol. The second-order valence-corrected chi connectivity index (χ2v) is 6.05. The maximum absolute atomic E-state index is 4.64. The monoisotopic (exact) mass is 316 g/mol. The lowest BCUT2D eigenvalue weighted by Gasteiger charge is -2.15. The topological polar surface area (TPSA) is 33.4 Å². The number of benzene rings is 2. The molecule has 1 aliphatic heterocycles. The predicted molar refractivity (Wildman–Crippen MR) is 98.0 cm³/mol. The van der Waals surface area contributed by atoms with Gasteiger partial charge in [-0.25, -0.2) is 4.98 Å². The Kier molecular flexibility index (Phi) is 4.11. The molecule has 2 aromatic carbocycles. The molecule has 0 saturated heterocycles. The minimum absolute atomic E-state index is 0.340. The van der Waals surface area contributed by atoms with E-state index in [0.29, 0.717) is 6.04 Å². The Morgan fingerprint density at radius 1 is 0.917 bits per heavy atom. The number of nitrogens with zero attached hydrogens (tertiary/aromatic N) is 4. The number of hydrogen-bond donors (Lipinski definition) is 0. The Bertz CT molecular complexity index is 808. The van der Waals surface area contributed by atoms with E-state index >= 15 is 0 Å². The lowest BCUT2D eigenvalue weighted by Crippen LogP contribution is -2.23. The summed E-state index contributed by atoms with van der Waals surface area (Å²) in [6.07, 6.45) is 7.93. The SMILES string of the molecule is C1=NC(CCc2cn(-c3ccccc3)cn2)CN1c1ccccc1. The Labute approximate surface area is 142 Å². The Morgan fingerprint density at radius 2 is 1.62 bits per heavy atom. The number of aromatic nitrogens is 2. The number of rotatable bonds is 5. The molecular formula is C20H20N4. The minimum Gasteiger partial charge on any atom is -0.331 e. The van der Waals surface area contributed by atoms with Gasteiger partial charge in [-0.2, -0.15) is 0 Å². The summed E-state index contributed by atoms with van der Waals surface area (Å²) in [6.45, 7) is 0.948. The highest BCUT2D eigenvalue weighted by atomic mass is 15.2. The molecule has 0 N–H and O–H groups in total. The third kappa shape index (κ3) is 3.23. The molecule has 4 nitrogen and oxygen atoms in total. The van der Waals surface area contributed by atoms with Crippen LogP contribution in [-0.2, 0) is 6.42 Å². The first-order valence-electron chi connectivity index (χ1n) is 8.32. The maximum Gasteiger partial charge on any atom is 0.0995 e. The van der Waals surface area contributed by atoms with Crippen LogP contribution in [0.25, 0.3) is 5.69 Å². The fourth-order valence-electron chi connectivity index (χ4n) is 3.00. The van der Waals surface area contributed by atoms with Crippen LogP contribution in [0, 0.1) is 0 Å². The molecule has 120 valence electrons. The molecule has 1 atom stereocenters. The normalized spacial score (nSPS) is 16.7. The molecule has 0 fully saturated rings. The van der Waals surface area contributed by atoms with Crippen LogP contribution < -0.4 is 4.90 Å². The van der Waals surface area contributed by atoms with E-state index in [1.165, 1.54) is 5.69 Å². The zero-order valence-electron chi connectivity index (χ0n) is 13.5. The van der Waals surface area contributed by atoms with Gasteiger partial charge in [-0.15, -0.1) is 0 Å². The van der Waals surface area contributed by atoms with E-state index in [1.54, 1.807) is 0 Å². The van der Waals surface area contributed by atoms with Crippen LogP contribution in [0.2, 0.25) is 0 Å². The van der Waals surface area contributed by atoms with Crippen molar-refractivity contribution in [2.75, 3.05) is 11.4 Å². The lowest BCUT2D eigenvalue weighted by atomic mass is 10.1. The van der Waals surface area contributed by atoms with Gasteiger partial charge < -0.3 is 9.47 Å². The van der Waals surface area contributed by atoms with E-state index in [2.05, 4.69) is 62.0 Å². The van der Waals surface area contributed by atoms with Crippen molar-refractivity contribution >= 4 is 12.0 Å². The van der Waals surface area contributed by atoms with E-state index in [9.17, 15) is 0 Å². The zero-order chi connectivity index (χ0) is 16.2. The average Bonchev–Trinajstić information content (AvgIpc) is 3.31. The molecule has 0 aliphatic carbocycles. The van der Waals surface area contributed by atoms with Gasteiger partial charge in [-0.3, -0.25) is 4.99 Å². The quantitative estimate of drug-likeness (QED) is 0.719. The predicted octanol–water partition coefficient (Wildman–Crippen LogP) is 3.72. The molecule has 24 heavy (non-hydrogen) atoms. The van der Waals surface area contributed by atoms with Crippen LogP contribution in [0.1, 0.15) is 12.1 Å². The third-order valence-corrected chi connectivity index (χ3v) is 4.34. The fourth-order valence-corrected chi connectivity index (χ4v) is 3.00. The maximum atomic E-state index is 4.64. The van der Waals surface area contributed by atoms with Gasteiger partial charge in [0.2, 0.25) is 0 Å². The summed E-state index contributed by atoms with van der Waals surface area (Å²) in [6, 6.07) is 21.0. The van der Waals surface area contributed by atoms with Gasteiger partial charge in [0.25, 0.3) is 0 Å². The van der Waals surface area contributed by atoms with Crippen LogP contribution in [0.4, 0.5) is 5.69 Å². The van der Waals surface area contributed by atoms with Gasteiger partial charge in [0.05, 0.1) is 24.4 Å². The van der Waals surface area contributed by atoms with E-state index in [0.717, 1.165) is 30.8 Å². The van der Waals surface area contributed by atoms with E-state index in [-0.39, 0.29) is 0 Å². The lowest BCUT2D eigenvalue weighted by molar-refractivity contribution is 0.645. The first kappa shape index (κ1) is 14.7. The van der Waals surface area contributed by atoms with Gasteiger partial charge in [0, 0.05) is 24.1 Å². The standard InChI is InChI=1S/C20H20N4/c1-3-7-19(8-4-1)23-13-17(21-15-23)11-12-18-14-24(16-22-18)20-9-5-2-6-10-20/h1-10,13,15-16,18H,11-12,14H2. The molecule has 4 heteroatoms. The van der Waals surface area contributed by atoms with E-state index in [4.69, 9.17) is 0 Å². The van der Waals surface area contributed by atoms with Crippen molar-refractivity contribution in [3.05, 3.63) is 78.9 Å². The molecule has 0 saturated carbocycles. The second-order valence-electron chi connectivity index (χ2n) is 6.05. The number of imidazole rings is 1. The summed E-state index contributed by atoms with van der Waals surface area (Å²) in [4.78, 5) is 11.4. The van der Waals surface area contributed by atoms with Crippen LogP contribution in [0.3, 0.4) is 0 Å². The van der Waals surface area contributed by atoms with Crippen molar-refractivity contribution in [3.8, 4) is 5.69 Å². The number of hydrogen-bond acceptors (Lipinski definition) is 3. The number of aliphatic imine (C=N–C) groups is 1. The van der Waals surface area contributed by atoms with Crippen molar-refractivity contribution in [1.82, 2.24) is 9.55 Å². The summed E-state index contributed by atoms with van der Waals surface area (Å²) in [5, 5.41) is 0. The van der Waals surface area contributed by atoms with E-state index < -0.39 is 0 Å². The van der Waals surface area contributed by atoms with Gasteiger partial charge in [0.15, 0.2) is 0 Å². The highest BCUT2D eigenvalue weighted by molar-refractivity contribution is 5.81. The summed E-state index contributed by atoms with van der Waals surface area (Å²) >= 11 is 0. The molecule has 3 aromatic rings. The third-order valence-electron chi connectivity index (χ3n) is 4.34. The first-order chi connectivity index (χ1) is 11.9. The van der Waals surface area contributed by atoms with Crippen molar-refractivity contribution in [2.24, 2.45) is 4.99 Å². The van der Waals surface area contributed by atoms with Gasteiger partial charge in [-0.05, 0) is 37.1 Å². The number of aryl methyl sites for hydroxylation is 1. The molecule has 4 rings (SSSR count). The molecule has 1 aliphatic rings. The van der Waals surface area contributed by atoms with Crippen LogP contribution in [0.5, 0.6) is 0 Å². The molecule has 0 spiro atoms. The van der Waals surface area contributed by atoms with Crippen LogP contribution >= 0.6 is 0 Å². The van der Waals surface area contributed by atoms with Gasteiger partial charge in [0.1, 0.15) is 0 Å². The van der Waals surface area contributed by atoms with Crippen molar-refractivity contribution < 1.29 is 0 Å². The molecule has 0 bridgehead atoms. The fraction of sp³-hybridized carbons (Fsp3) is 0.200. The Morgan fingerprint density at radius 3 is 2.38 bits per heavy atom. The zero-order valence-corrected chi connectivity index (χ0v) is 13.5. The Balaban J connectivity index is 1.34. The van der Waals surface area contributed by atoms with E-state index in [1.807, 2.05) is 36.9 Å². The first-order valence-corrected chi connectivity index (χ1v) is 8.32. The number of anilines is 1. The summed E-state index contributed by atoms with van der Waals surface area (Å²) in [5.41, 5.74) is 3.47. The highest BCUT2D eigenvalue weighted by Crippen LogP contribution is 2.19.